The largest absolute Gasteiger partial charge is 0.394 e. The zero-order chi connectivity index (χ0) is 15.2. The molecule has 0 spiro atoms. The van der Waals surface area contributed by atoms with E-state index >= 15 is 0 Å². The van der Waals surface area contributed by atoms with Gasteiger partial charge in [-0.25, -0.2) is 0 Å². The first-order chi connectivity index (χ1) is 9.46. The summed E-state index contributed by atoms with van der Waals surface area (Å²) < 4.78 is 0. The van der Waals surface area contributed by atoms with E-state index in [1.807, 2.05) is 13.8 Å². The van der Waals surface area contributed by atoms with E-state index < -0.39 is 5.54 Å². The third-order valence-corrected chi connectivity index (χ3v) is 4.15. The van der Waals surface area contributed by atoms with E-state index in [-0.39, 0.29) is 12.5 Å². The second-order valence-electron chi connectivity index (χ2n) is 4.64. The van der Waals surface area contributed by atoms with Gasteiger partial charge in [-0.2, -0.15) is 0 Å². The molecule has 0 heterocycles. The number of hydrogen-bond acceptors (Lipinski definition) is 2. The van der Waals surface area contributed by atoms with Gasteiger partial charge in [0.15, 0.2) is 0 Å². The monoisotopic (exact) mass is 315 g/mol. The number of amides is 1. The van der Waals surface area contributed by atoms with Gasteiger partial charge in [-0.1, -0.05) is 43.1 Å². The maximum atomic E-state index is 11.9. The molecule has 110 valence electrons. The molecule has 0 unspecified atom stereocenters. The summed E-state index contributed by atoms with van der Waals surface area (Å²) in [6.07, 6.45) is 4.43. The summed E-state index contributed by atoms with van der Waals surface area (Å²) in [6.45, 7) is 3.79. The highest BCUT2D eigenvalue weighted by Crippen LogP contribution is 2.23. The summed E-state index contributed by atoms with van der Waals surface area (Å²) in [4.78, 5) is 11.9. The first kappa shape index (κ1) is 17.0. The minimum Gasteiger partial charge on any atom is -0.394 e. The van der Waals surface area contributed by atoms with Crippen LogP contribution in [0.5, 0.6) is 0 Å². The summed E-state index contributed by atoms with van der Waals surface area (Å²) in [5.41, 5.74) is 0.233. The molecule has 0 aliphatic heterocycles. The fourth-order valence-corrected chi connectivity index (χ4v) is 2.09. The highest BCUT2D eigenvalue weighted by molar-refractivity contribution is 6.42. The number of carbonyl (C=O) groups excluding carboxylic acids is 1. The predicted molar refractivity (Wildman–Crippen MR) is 84.0 cm³/mol. The maximum absolute atomic E-state index is 11.9. The maximum Gasteiger partial charge on any atom is 0.244 e. The van der Waals surface area contributed by atoms with Crippen LogP contribution in [-0.2, 0) is 4.79 Å². The van der Waals surface area contributed by atoms with Crippen LogP contribution in [0.15, 0.2) is 24.3 Å². The molecular weight excluding hydrogens is 297 g/mol. The van der Waals surface area contributed by atoms with Crippen LogP contribution in [0.25, 0.3) is 6.08 Å². The van der Waals surface area contributed by atoms with Crippen molar-refractivity contribution in [2.24, 2.45) is 0 Å². The first-order valence-corrected chi connectivity index (χ1v) is 7.28. The summed E-state index contributed by atoms with van der Waals surface area (Å²) in [5, 5.41) is 13.2. The van der Waals surface area contributed by atoms with Crippen molar-refractivity contribution in [3.8, 4) is 0 Å². The van der Waals surface area contributed by atoms with Gasteiger partial charge in [0.05, 0.1) is 22.2 Å². The van der Waals surface area contributed by atoms with Gasteiger partial charge < -0.3 is 10.4 Å². The van der Waals surface area contributed by atoms with E-state index in [1.165, 1.54) is 6.08 Å². The molecule has 0 radical (unpaired) electrons. The average molecular weight is 316 g/mol. The Morgan fingerprint density at radius 1 is 1.30 bits per heavy atom. The molecule has 0 saturated heterocycles. The van der Waals surface area contributed by atoms with Crippen molar-refractivity contribution in [2.75, 3.05) is 6.61 Å². The quantitative estimate of drug-likeness (QED) is 0.787. The van der Waals surface area contributed by atoms with Crippen molar-refractivity contribution in [3.63, 3.8) is 0 Å². The standard InChI is InChI=1S/C15H19Cl2NO2/c1-3-15(4-2,10-19)18-14(20)8-6-11-5-7-12(16)13(17)9-11/h5-9,19H,3-4,10H2,1-2H3,(H,18,20). The number of aliphatic hydroxyl groups is 1. The number of rotatable bonds is 6. The van der Waals surface area contributed by atoms with Crippen LogP contribution in [0.1, 0.15) is 32.3 Å². The van der Waals surface area contributed by atoms with Gasteiger partial charge in [0.1, 0.15) is 0 Å². The highest BCUT2D eigenvalue weighted by atomic mass is 35.5. The predicted octanol–water partition coefficient (Wildman–Crippen LogP) is 3.67. The number of halogens is 2. The van der Waals surface area contributed by atoms with E-state index in [9.17, 15) is 9.90 Å². The molecule has 0 atom stereocenters. The third kappa shape index (κ3) is 4.51. The highest BCUT2D eigenvalue weighted by Gasteiger charge is 2.26. The van der Waals surface area contributed by atoms with E-state index in [1.54, 1.807) is 24.3 Å². The molecule has 1 aromatic rings. The Balaban J connectivity index is 2.74. The van der Waals surface area contributed by atoms with Crippen LogP contribution in [0.2, 0.25) is 10.0 Å². The lowest BCUT2D eigenvalue weighted by atomic mass is 9.94. The Morgan fingerprint density at radius 2 is 1.95 bits per heavy atom. The van der Waals surface area contributed by atoms with Crippen LogP contribution in [-0.4, -0.2) is 23.2 Å². The molecule has 1 amide bonds. The Kier molecular flexibility index (Phi) is 6.53. The fourth-order valence-electron chi connectivity index (χ4n) is 1.78. The Bertz CT molecular complexity index is 488. The SMILES string of the molecule is CCC(CC)(CO)NC(=O)C=Cc1ccc(Cl)c(Cl)c1. The number of hydrogen-bond donors (Lipinski definition) is 2. The van der Waals surface area contributed by atoms with Crippen LogP contribution in [0.3, 0.4) is 0 Å². The molecule has 20 heavy (non-hydrogen) atoms. The Labute approximate surface area is 129 Å². The van der Waals surface area contributed by atoms with Crippen molar-refractivity contribution in [3.05, 3.63) is 39.9 Å². The second-order valence-corrected chi connectivity index (χ2v) is 5.46. The van der Waals surface area contributed by atoms with Gasteiger partial charge in [0, 0.05) is 6.08 Å². The van der Waals surface area contributed by atoms with E-state index in [0.29, 0.717) is 22.9 Å². The summed E-state index contributed by atoms with van der Waals surface area (Å²) in [7, 11) is 0. The third-order valence-electron chi connectivity index (χ3n) is 3.42. The van der Waals surface area contributed by atoms with E-state index in [2.05, 4.69) is 5.32 Å². The zero-order valence-electron chi connectivity index (χ0n) is 11.6. The molecule has 0 aliphatic carbocycles. The molecule has 0 bridgehead atoms. The van der Waals surface area contributed by atoms with Crippen LogP contribution in [0, 0.1) is 0 Å². The van der Waals surface area contributed by atoms with Crippen molar-refractivity contribution in [1.82, 2.24) is 5.32 Å². The number of nitrogens with one attached hydrogen (secondary N) is 1. The Morgan fingerprint density at radius 3 is 2.45 bits per heavy atom. The van der Waals surface area contributed by atoms with Crippen LogP contribution < -0.4 is 5.32 Å². The normalized spacial score (nSPS) is 11.8. The molecule has 3 nitrogen and oxygen atoms in total. The zero-order valence-corrected chi connectivity index (χ0v) is 13.1. The fraction of sp³-hybridized carbons (Fsp3) is 0.400. The van der Waals surface area contributed by atoms with Crippen LogP contribution in [0.4, 0.5) is 0 Å². The molecule has 0 aromatic heterocycles. The molecule has 5 heteroatoms. The second kappa shape index (κ2) is 7.67. The first-order valence-electron chi connectivity index (χ1n) is 6.52. The number of aliphatic hydroxyl groups excluding tert-OH is 1. The van der Waals surface area contributed by atoms with Gasteiger partial charge >= 0.3 is 0 Å². The lowest BCUT2D eigenvalue weighted by Gasteiger charge is -2.30. The lowest BCUT2D eigenvalue weighted by Crippen LogP contribution is -2.49. The van der Waals surface area contributed by atoms with E-state index in [4.69, 9.17) is 23.2 Å². The average Bonchev–Trinajstić information content (AvgIpc) is 2.46. The van der Waals surface area contributed by atoms with Crippen molar-refractivity contribution < 1.29 is 9.90 Å². The molecule has 0 saturated carbocycles. The molecular formula is C15H19Cl2NO2. The van der Waals surface area contributed by atoms with E-state index in [0.717, 1.165) is 5.56 Å². The molecule has 0 aliphatic rings. The van der Waals surface area contributed by atoms with Crippen molar-refractivity contribution in [1.29, 1.82) is 0 Å². The van der Waals surface area contributed by atoms with Gasteiger partial charge in [0.2, 0.25) is 5.91 Å². The lowest BCUT2D eigenvalue weighted by molar-refractivity contribution is -0.119. The van der Waals surface area contributed by atoms with Gasteiger partial charge in [-0.3, -0.25) is 4.79 Å². The van der Waals surface area contributed by atoms with Gasteiger partial charge in [-0.05, 0) is 36.6 Å². The van der Waals surface area contributed by atoms with Gasteiger partial charge in [-0.15, -0.1) is 0 Å². The smallest absolute Gasteiger partial charge is 0.244 e. The summed E-state index contributed by atoms with van der Waals surface area (Å²) in [5.74, 6) is -0.242. The van der Waals surface area contributed by atoms with Crippen molar-refractivity contribution >= 4 is 35.2 Å². The van der Waals surface area contributed by atoms with Crippen LogP contribution >= 0.6 is 23.2 Å². The summed E-state index contributed by atoms with van der Waals surface area (Å²) in [6, 6.07) is 5.14. The van der Waals surface area contributed by atoms with Gasteiger partial charge in [0.25, 0.3) is 0 Å². The molecule has 1 aromatic carbocycles. The number of benzene rings is 1. The molecule has 2 N–H and O–H groups in total. The summed E-state index contributed by atoms with van der Waals surface area (Å²) >= 11 is 11.7. The van der Waals surface area contributed by atoms with Crippen molar-refractivity contribution in [2.45, 2.75) is 32.2 Å². The topological polar surface area (TPSA) is 49.3 Å². The molecule has 1 rings (SSSR count). The Hall–Kier alpha value is -1.03. The number of carbonyl (C=O) groups is 1. The molecule has 0 fully saturated rings. The minimum absolute atomic E-state index is 0.0770. The minimum atomic E-state index is -0.556.